The summed E-state index contributed by atoms with van der Waals surface area (Å²) in [7, 11) is 0. The number of alkyl halides is 1. The third kappa shape index (κ3) is 5.63. The first-order valence-electron chi connectivity index (χ1n) is 8.93. The first-order chi connectivity index (χ1) is 12.9. The number of hydrogen-bond acceptors (Lipinski definition) is 5. The topological polar surface area (TPSA) is 90.7 Å². The SMILES string of the molecule is Cc1cc(N)nc(CCc2cncc(C(I)Cc3cc(C)cc(N)n3)c2)c1. The van der Waals surface area contributed by atoms with Crippen LogP contribution in [0, 0.1) is 13.8 Å². The Morgan fingerprint density at radius 1 is 0.852 bits per heavy atom. The van der Waals surface area contributed by atoms with E-state index < -0.39 is 0 Å². The normalized spacial score (nSPS) is 12.1. The van der Waals surface area contributed by atoms with Gasteiger partial charge in [0.05, 0.1) is 0 Å². The fourth-order valence-electron chi connectivity index (χ4n) is 3.16. The molecule has 0 spiro atoms. The largest absolute Gasteiger partial charge is 0.384 e. The summed E-state index contributed by atoms with van der Waals surface area (Å²) in [6.07, 6.45) is 6.42. The molecule has 1 atom stereocenters. The third-order valence-corrected chi connectivity index (χ3v) is 5.48. The van der Waals surface area contributed by atoms with Gasteiger partial charge >= 0.3 is 0 Å². The van der Waals surface area contributed by atoms with Gasteiger partial charge in [-0.1, -0.05) is 28.7 Å². The number of aryl methyl sites for hydroxylation is 4. The van der Waals surface area contributed by atoms with Crippen LogP contribution in [0.15, 0.2) is 42.7 Å². The van der Waals surface area contributed by atoms with E-state index in [1.54, 1.807) is 0 Å². The molecule has 1 unspecified atom stereocenters. The van der Waals surface area contributed by atoms with Crippen LogP contribution in [-0.4, -0.2) is 15.0 Å². The molecule has 3 aromatic heterocycles. The second-order valence-corrected chi connectivity index (χ2v) is 8.42. The highest BCUT2D eigenvalue weighted by molar-refractivity contribution is 14.1. The van der Waals surface area contributed by atoms with Crippen molar-refractivity contribution in [1.82, 2.24) is 15.0 Å². The predicted molar refractivity (Wildman–Crippen MR) is 119 cm³/mol. The summed E-state index contributed by atoms with van der Waals surface area (Å²) in [4.78, 5) is 13.3. The van der Waals surface area contributed by atoms with Crippen molar-refractivity contribution < 1.29 is 0 Å². The van der Waals surface area contributed by atoms with Crippen LogP contribution in [-0.2, 0) is 19.3 Å². The van der Waals surface area contributed by atoms with Crippen LogP contribution in [0.4, 0.5) is 11.6 Å². The molecule has 0 aliphatic rings. The number of anilines is 2. The Bertz CT molecular complexity index is 901. The van der Waals surface area contributed by atoms with Gasteiger partial charge in [-0.3, -0.25) is 4.98 Å². The van der Waals surface area contributed by atoms with Gasteiger partial charge in [0.2, 0.25) is 0 Å². The number of aromatic nitrogens is 3. The zero-order valence-corrected chi connectivity index (χ0v) is 17.8. The van der Waals surface area contributed by atoms with Crippen LogP contribution in [0.5, 0.6) is 0 Å². The van der Waals surface area contributed by atoms with Gasteiger partial charge in [-0.25, -0.2) is 9.97 Å². The van der Waals surface area contributed by atoms with Crippen molar-refractivity contribution in [2.24, 2.45) is 0 Å². The summed E-state index contributed by atoms with van der Waals surface area (Å²) in [6.45, 7) is 4.08. The minimum Gasteiger partial charge on any atom is -0.384 e. The molecule has 6 heteroatoms. The molecule has 3 heterocycles. The van der Waals surface area contributed by atoms with Gasteiger partial charge in [0.15, 0.2) is 0 Å². The molecule has 0 saturated carbocycles. The van der Waals surface area contributed by atoms with Crippen LogP contribution in [0.1, 0.15) is 37.6 Å². The Morgan fingerprint density at radius 3 is 2.15 bits per heavy atom. The van der Waals surface area contributed by atoms with Gasteiger partial charge < -0.3 is 11.5 Å². The Balaban J connectivity index is 1.68. The van der Waals surface area contributed by atoms with Crippen molar-refractivity contribution in [2.45, 2.75) is 37.0 Å². The maximum atomic E-state index is 5.87. The first-order valence-corrected chi connectivity index (χ1v) is 10.2. The maximum Gasteiger partial charge on any atom is 0.123 e. The monoisotopic (exact) mass is 473 g/mol. The van der Waals surface area contributed by atoms with Crippen LogP contribution in [0.3, 0.4) is 0 Å². The minimum absolute atomic E-state index is 0.288. The molecule has 5 nitrogen and oxygen atoms in total. The summed E-state index contributed by atoms with van der Waals surface area (Å²) in [5, 5.41) is 0. The van der Waals surface area contributed by atoms with Gasteiger partial charge in [-0.2, -0.15) is 0 Å². The molecule has 140 valence electrons. The Hall–Kier alpha value is -2.22. The average molecular weight is 473 g/mol. The highest BCUT2D eigenvalue weighted by Gasteiger charge is 2.12. The molecular weight excluding hydrogens is 449 g/mol. The zero-order chi connectivity index (χ0) is 19.4. The van der Waals surface area contributed by atoms with Crippen molar-refractivity contribution in [3.63, 3.8) is 0 Å². The highest BCUT2D eigenvalue weighted by Crippen LogP contribution is 2.28. The lowest BCUT2D eigenvalue weighted by molar-refractivity contribution is 0.882. The number of rotatable bonds is 6. The summed E-state index contributed by atoms with van der Waals surface area (Å²) < 4.78 is 0.288. The average Bonchev–Trinajstić information content (AvgIpc) is 2.58. The predicted octanol–water partition coefficient (Wildman–Crippen LogP) is 4.16. The lowest BCUT2D eigenvalue weighted by Gasteiger charge is -2.12. The number of nitrogens with zero attached hydrogens (tertiary/aromatic N) is 3. The molecule has 0 amide bonds. The maximum absolute atomic E-state index is 5.87. The van der Waals surface area contributed by atoms with Gasteiger partial charge in [0.1, 0.15) is 11.6 Å². The molecule has 4 N–H and O–H groups in total. The van der Waals surface area contributed by atoms with E-state index in [9.17, 15) is 0 Å². The van der Waals surface area contributed by atoms with Crippen molar-refractivity contribution in [1.29, 1.82) is 0 Å². The molecule has 0 aliphatic heterocycles. The number of hydrogen-bond donors (Lipinski definition) is 2. The van der Waals surface area contributed by atoms with Crippen LogP contribution >= 0.6 is 22.6 Å². The van der Waals surface area contributed by atoms with E-state index in [-0.39, 0.29) is 3.92 Å². The van der Waals surface area contributed by atoms with E-state index in [0.29, 0.717) is 11.6 Å². The number of nitrogens with two attached hydrogens (primary N) is 2. The van der Waals surface area contributed by atoms with Crippen molar-refractivity contribution in [3.05, 3.63) is 76.4 Å². The van der Waals surface area contributed by atoms with Gasteiger partial charge in [0.25, 0.3) is 0 Å². The highest BCUT2D eigenvalue weighted by atomic mass is 127. The Kier molecular flexibility index (Phi) is 6.26. The molecule has 0 aliphatic carbocycles. The van der Waals surface area contributed by atoms with Crippen molar-refractivity contribution >= 4 is 34.2 Å². The fourth-order valence-corrected chi connectivity index (χ4v) is 3.95. The molecule has 0 saturated heterocycles. The quantitative estimate of drug-likeness (QED) is 0.415. The van der Waals surface area contributed by atoms with Gasteiger partial charge in [0, 0.05) is 34.1 Å². The summed E-state index contributed by atoms with van der Waals surface area (Å²) in [5.41, 5.74) is 18.4. The van der Waals surface area contributed by atoms with E-state index in [4.69, 9.17) is 11.5 Å². The van der Waals surface area contributed by atoms with Crippen molar-refractivity contribution in [2.75, 3.05) is 11.5 Å². The van der Waals surface area contributed by atoms with E-state index in [1.165, 1.54) is 11.1 Å². The second-order valence-electron chi connectivity index (χ2n) is 6.92. The number of halogens is 1. The first kappa shape index (κ1) is 19.5. The number of nitrogen functional groups attached to an aromatic ring is 2. The second kappa shape index (κ2) is 8.65. The zero-order valence-electron chi connectivity index (χ0n) is 15.6. The lowest BCUT2D eigenvalue weighted by atomic mass is 10.0. The lowest BCUT2D eigenvalue weighted by Crippen LogP contribution is -2.03. The summed E-state index contributed by atoms with van der Waals surface area (Å²) in [6, 6.07) is 10.2. The summed E-state index contributed by atoms with van der Waals surface area (Å²) >= 11 is 2.45. The summed E-state index contributed by atoms with van der Waals surface area (Å²) in [5.74, 6) is 1.15. The molecule has 3 rings (SSSR count). The molecular formula is C21H24IN5. The van der Waals surface area contributed by atoms with Crippen LogP contribution in [0.2, 0.25) is 0 Å². The molecule has 0 bridgehead atoms. The number of pyridine rings is 3. The Morgan fingerprint density at radius 2 is 1.48 bits per heavy atom. The molecule has 0 fully saturated rings. The standard InChI is InChI=1S/C21H24IN5/c1-13-5-17(26-20(23)7-13)4-3-15-9-16(12-25-11-15)19(22)10-18-6-14(2)8-21(24)27-18/h5-9,11-12,19H,3-4,10H2,1-2H3,(H2,23,26)(H2,24,27). The minimum atomic E-state index is 0.288. The van der Waals surface area contributed by atoms with E-state index in [1.807, 2.05) is 38.4 Å². The van der Waals surface area contributed by atoms with E-state index in [0.717, 1.165) is 41.8 Å². The Labute approximate surface area is 173 Å². The third-order valence-electron chi connectivity index (χ3n) is 4.32. The fraction of sp³-hybridized carbons (Fsp3) is 0.286. The smallest absolute Gasteiger partial charge is 0.123 e. The molecule has 3 aromatic rings. The van der Waals surface area contributed by atoms with Crippen molar-refractivity contribution in [3.8, 4) is 0 Å². The molecule has 27 heavy (non-hydrogen) atoms. The van der Waals surface area contributed by atoms with Gasteiger partial charge in [-0.05, 0) is 73.2 Å². The molecule has 0 radical (unpaired) electrons. The van der Waals surface area contributed by atoms with Crippen LogP contribution < -0.4 is 11.5 Å². The van der Waals surface area contributed by atoms with E-state index in [2.05, 4.69) is 55.7 Å². The molecule has 0 aromatic carbocycles. The van der Waals surface area contributed by atoms with Crippen LogP contribution in [0.25, 0.3) is 0 Å². The van der Waals surface area contributed by atoms with Gasteiger partial charge in [-0.15, -0.1) is 0 Å². The van der Waals surface area contributed by atoms with E-state index >= 15 is 0 Å².